The minimum Gasteiger partial charge on any atom is -0.508 e. The molecule has 0 radical (unpaired) electrons. The Balaban J connectivity index is 1.27. The van der Waals surface area contributed by atoms with Crippen molar-refractivity contribution in [2.45, 2.75) is 125 Å². The molecule has 3 fully saturated rings. The fraction of sp³-hybridized carbons (Fsp3) is 0.519. The molecule has 0 bridgehead atoms. The number of nitrogens with zero attached hydrogens (tertiary/aromatic N) is 3. The van der Waals surface area contributed by atoms with Crippen molar-refractivity contribution in [3.05, 3.63) is 89.5 Å². The number of aliphatic hydroxyl groups excluding tert-OH is 7. The SMILES string of the molecule is C[C@@H](O)[C@@H]1NC(=O)[C@H]([C@H](O)[C@@H](O)c2ccc(O)cc2)NC(=O)[C@@H]2C[C@@H](O)CN2C(=O)[C@H]([C@@H](C)O)NC(=O)[C@@H](NC(=O)OCC2c3ccccc3-c3ccccc32)C[C@@H](O)[C@@H](OCCN(C)I)NC(=O)[C@@H]2[C@@H](O)[C@@H](C)CN2C1=O. The van der Waals surface area contributed by atoms with Crippen molar-refractivity contribution in [1.82, 2.24) is 39.5 Å². The molecule has 25 nitrogen and oxygen atoms in total. The second-order valence-electron chi connectivity index (χ2n) is 20.2. The van der Waals surface area contributed by atoms with E-state index in [1.54, 1.807) is 10.2 Å². The first-order chi connectivity index (χ1) is 37.0. The summed E-state index contributed by atoms with van der Waals surface area (Å²) in [6, 6.07) is 8.28. The number of hydrogen-bond donors (Lipinski definition) is 13. The van der Waals surface area contributed by atoms with Gasteiger partial charge < -0.3 is 86.7 Å². The van der Waals surface area contributed by atoms with Crippen LogP contribution in [0.2, 0.25) is 0 Å². The minimum absolute atomic E-state index is 0.0643. The van der Waals surface area contributed by atoms with E-state index in [1.807, 2.05) is 71.4 Å². The summed E-state index contributed by atoms with van der Waals surface area (Å²) in [5.41, 5.74) is 3.53. The van der Waals surface area contributed by atoms with Gasteiger partial charge in [-0.2, -0.15) is 0 Å². The third-order valence-corrected chi connectivity index (χ3v) is 15.0. The Labute approximate surface area is 462 Å². The van der Waals surface area contributed by atoms with Gasteiger partial charge in [0.1, 0.15) is 66.9 Å². The molecule has 3 heterocycles. The number of rotatable bonds is 12. The van der Waals surface area contributed by atoms with E-state index in [9.17, 15) is 74.4 Å². The maximum absolute atomic E-state index is 14.6. The Morgan fingerprint density at radius 1 is 0.744 bits per heavy atom. The molecular formula is C52H67IN8O17. The predicted molar refractivity (Wildman–Crippen MR) is 282 cm³/mol. The van der Waals surface area contributed by atoms with Crippen LogP contribution in [0.15, 0.2) is 72.8 Å². The average molecular weight is 1200 g/mol. The first-order valence-corrected chi connectivity index (χ1v) is 26.4. The lowest BCUT2D eigenvalue weighted by molar-refractivity contribution is -0.149. The van der Waals surface area contributed by atoms with E-state index >= 15 is 0 Å². The van der Waals surface area contributed by atoms with Gasteiger partial charge in [0.05, 0.1) is 31.0 Å². The van der Waals surface area contributed by atoms with Crippen LogP contribution in [0.1, 0.15) is 62.3 Å². The van der Waals surface area contributed by atoms with Gasteiger partial charge in [-0.05, 0) is 60.8 Å². The zero-order valence-corrected chi connectivity index (χ0v) is 45.2. The number of aliphatic hydroxyl groups is 7. The van der Waals surface area contributed by atoms with E-state index < -0.39 is 158 Å². The maximum Gasteiger partial charge on any atom is 0.407 e. The number of phenolic OH excluding ortho intramolecular Hbond substituents is 1. The van der Waals surface area contributed by atoms with E-state index in [0.29, 0.717) is 0 Å². The molecule has 3 aromatic rings. The van der Waals surface area contributed by atoms with Crippen LogP contribution in [0.3, 0.4) is 0 Å². The van der Waals surface area contributed by atoms with Crippen molar-refractivity contribution in [2.75, 3.05) is 39.9 Å². The molecule has 3 aromatic carbocycles. The van der Waals surface area contributed by atoms with Crippen LogP contribution in [0.25, 0.3) is 11.1 Å². The number of amides is 7. The van der Waals surface area contributed by atoms with Gasteiger partial charge in [0.15, 0.2) is 6.23 Å². The summed E-state index contributed by atoms with van der Waals surface area (Å²) >= 11 is 1.96. The molecular weight excluding hydrogens is 1140 g/mol. The molecule has 3 aliphatic heterocycles. The van der Waals surface area contributed by atoms with Crippen molar-refractivity contribution >= 4 is 64.4 Å². The zero-order chi connectivity index (χ0) is 56.9. The average Bonchev–Trinajstić information content (AvgIpc) is 4.12. The molecule has 7 amide bonds. The van der Waals surface area contributed by atoms with Crippen LogP contribution in [-0.2, 0) is 38.2 Å². The Hall–Kier alpha value is -6.08. The van der Waals surface area contributed by atoms with Crippen LogP contribution in [0.4, 0.5) is 4.79 Å². The fourth-order valence-electron chi connectivity index (χ4n) is 10.3. The number of aromatic hydroxyl groups is 1. The summed E-state index contributed by atoms with van der Waals surface area (Å²) in [4.78, 5) is 103. The first kappa shape index (κ1) is 59.6. The highest BCUT2D eigenvalue weighted by Gasteiger charge is 2.50. The summed E-state index contributed by atoms with van der Waals surface area (Å²) in [5, 5.41) is 102. The van der Waals surface area contributed by atoms with Crippen LogP contribution >= 0.6 is 22.9 Å². The van der Waals surface area contributed by atoms with E-state index in [0.717, 1.165) is 45.9 Å². The third kappa shape index (κ3) is 13.5. The summed E-state index contributed by atoms with van der Waals surface area (Å²) in [7, 11) is 1.70. The van der Waals surface area contributed by atoms with Gasteiger partial charge in [-0.1, -0.05) is 67.6 Å². The topological polar surface area (TPSA) is 370 Å². The standard InChI is InChI=1S/C52H67IN8O17/c1-24-21-61-41(42(24)67)48(73)58-49(77-18-17-59(4)53)37(66)20-35(54-52(76)78-23-34-32-11-7-5-9-30(32)31-10-6-8-12-33(31)34)45(70)55-38(25(2)62)50(74)60-22-29(65)19-36(60)46(71)57-40(47(72)56-39(26(3)63)51(61)75)44(69)43(68)27-13-15-28(64)16-14-27/h5-16,24-26,29,34-44,49,62-69H,17-23H2,1-4H3,(H,54,76)(H,55,70)(H,56,72)(H,57,71)(H,58,73)/t24-,25+,26+,29+,35-,36-,37+,38-,39-,40-,41-,42-,43-,44-,49+/m0/s1. The quantitative estimate of drug-likeness (QED) is 0.0663. The van der Waals surface area contributed by atoms with Crippen molar-refractivity contribution in [3.8, 4) is 16.9 Å². The number of nitrogens with one attached hydrogen (secondary N) is 5. The summed E-state index contributed by atoms with van der Waals surface area (Å²) in [6.07, 6.45) is -17.0. The van der Waals surface area contributed by atoms with E-state index in [2.05, 4.69) is 26.6 Å². The van der Waals surface area contributed by atoms with Crippen molar-refractivity contribution in [2.24, 2.45) is 5.92 Å². The molecule has 0 spiro atoms. The summed E-state index contributed by atoms with van der Waals surface area (Å²) in [5.74, 6) is -8.69. The lowest BCUT2D eigenvalue weighted by atomic mass is 9.96. The number of phenols is 1. The number of likely N-dealkylation sites (N-methyl/N-ethyl adjacent to an activating group) is 1. The number of ether oxygens (including phenoxy) is 2. The highest BCUT2D eigenvalue weighted by molar-refractivity contribution is 14.1. The second kappa shape index (κ2) is 25.8. The highest BCUT2D eigenvalue weighted by Crippen LogP contribution is 2.44. The summed E-state index contributed by atoms with van der Waals surface area (Å²) in [6.45, 7) is 2.64. The monoisotopic (exact) mass is 1200 g/mol. The van der Waals surface area contributed by atoms with Crippen molar-refractivity contribution < 1.29 is 83.9 Å². The molecule has 78 heavy (non-hydrogen) atoms. The first-order valence-electron chi connectivity index (χ1n) is 25.4. The third-order valence-electron chi connectivity index (χ3n) is 14.5. The molecule has 0 unspecified atom stereocenters. The molecule has 3 saturated heterocycles. The van der Waals surface area contributed by atoms with Gasteiger partial charge in [-0.3, -0.25) is 28.8 Å². The lowest BCUT2D eigenvalue weighted by Crippen LogP contribution is -2.64. The molecule has 15 atom stereocenters. The van der Waals surface area contributed by atoms with E-state index in [-0.39, 0.29) is 37.6 Å². The molecule has 0 saturated carbocycles. The molecule has 4 aliphatic rings. The van der Waals surface area contributed by atoms with Gasteiger partial charge in [0, 0.05) is 67.2 Å². The van der Waals surface area contributed by atoms with Crippen molar-refractivity contribution in [3.63, 3.8) is 0 Å². The predicted octanol–water partition coefficient (Wildman–Crippen LogP) is -2.42. The van der Waals surface area contributed by atoms with Gasteiger partial charge >= 0.3 is 6.09 Å². The van der Waals surface area contributed by atoms with Crippen LogP contribution in [0, 0.1) is 5.92 Å². The zero-order valence-electron chi connectivity index (χ0n) is 43.1. The number of hydrogen-bond acceptors (Lipinski definition) is 18. The van der Waals surface area contributed by atoms with Gasteiger partial charge in [0.25, 0.3) is 0 Å². The smallest absolute Gasteiger partial charge is 0.407 e. The lowest BCUT2D eigenvalue weighted by Gasteiger charge is -2.34. The van der Waals surface area contributed by atoms with Crippen LogP contribution in [0.5, 0.6) is 5.75 Å². The molecule has 0 aromatic heterocycles. The number of alkyl carbamates (subject to hydrolysis) is 1. The van der Waals surface area contributed by atoms with Gasteiger partial charge in [-0.25, -0.2) is 7.91 Å². The minimum atomic E-state index is -2.28. The highest BCUT2D eigenvalue weighted by atomic mass is 127. The number of carbonyl (C=O) groups is 7. The number of fused-ring (bicyclic) bond motifs is 5. The molecule has 13 N–H and O–H groups in total. The van der Waals surface area contributed by atoms with E-state index in [1.165, 1.54) is 31.2 Å². The Bertz CT molecular complexity index is 2620. The van der Waals surface area contributed by atoms with E-state index in [4.69, 9.17) is 9.47 Å². The Morgan fingerprint density at radius 2 is 1.31 bits per heavy atom. The Kier molecular flexibility index (Phi) is 19.7. The van der Waals surface area contributed by atoms with Gasteiger partial charge in [0.2, 0.25) is 35.4 Å². The van der Waals surface area contributed by atoms with Crippen molar-refractivity contribution in [1.29, 1.82) is 0 Å². The van der Waals surface area contributed by atoms with Crippen LogP contribution < -0.4 is 26.6 Å². The number of carbonyl (C=O) groups excluding carboxylic acids is 7. The van der Waals surface area contributed by atoms with Gasteiger partial charge in [-0.15, -0.1) is 0 Å². The fourth-order valence-corrected chi connectivity index (χ4v) is 10.5. The molecule has 1 aliphatic carbocycles. The maximum atomic E-state index is 14.6. The summed E-state index contributed by atoms with van der Waals surface area (Å²) < 4.78 is 13.4. The van der Waals surface area contributed by atoms with Crippen LogP contribution in [-0.4, -0.2) is 214 Å². The largest absolute Gasteiger partial charge is 0.508 e. The Morgan fingerprint density at radius 3 is 1.90 bits per heavy atom. The molecule has 7 rings (SSSR count). The number of benzene rings is 3. The normalized spacial score (nSPS) is 29.1. The molecule has 26 heteroatoms. The molecule has 424 valence electrons. The second-order valence-corrected chi connectivity index (χ2v) is 21.9. The number of halogens is 1.